The van der Waals surface area contributed by atoms with Crippen LogP contribution in [0.25, 0.3) is 0 Å². The van der Waals surface area contributed by atoms with Crippen LogP contribution in [0.1, 0.15) is 35.2 Å². The van der Waals surface area contributed by atoms with Gasteiger partial charge in [-0.15, -0.1) is 0 Å². The Bertz CT molecular complexity index is 882. The molecule has 1 heterocycles. The van der Waals surface area contributed by atoms with Gasteiger partial charge in [-0.05, 0) is 55.0 Å². The third-order valence-corrected chi connectivity index (χ3v) is 5.71. The summed E-state index contributed by atoms with van der Waals surface area (Å²) in [5.74, 6) is 0. The van der Waals surface area contributed by atoms with E-state index in [1.807, 2.05) is 18.2 Å². The number of aliphatic hydroxyl groups excluding tert-OH is 1. The number of benzene rings is 2. The number of aliphatic hydroxyl groups is 1. The van der Waals surface area contributed by atoms with Gasteiger partial charge in [0.15, 0.2) is 0 Å². The molecule has 2 aromatic carbocycles. The monoisotopic (exact) mass is 374 g/mol. The van der Waals surface area contributed by atoms with Gasteiger partial charge in [0.1, 0.15) is 0 Å². The summed E-state index contributed by atoms with van der Waals surface area (Å²) >= 11 is 0. The van der Waals surface area contributed by atoms with Crippen LogP contribution in [0.5, 0.6) is 0 Å². The standard InChI is InChI=1S/C25H30N2O/c1-20-8-5-6-11-22(20)17-26-15-7-12-24(26)18-27(23-13-14-23)19-25(28)16-21-9-3-2-4-10-21/h2-12,15,23,25,28H,13-14,16-19H2,1H3/t25-/m1/s1. The molecule has 146 valence electrons. The highest BCUT2D eigenvalue weighted by atomic mass is 16.3. The number of hydrogen-bond donors (Lipinski definition) is 1. The first-order chi connectivity index (χ1) is 13.7. The number of aryl methyl sites for hydroxylation is 1. The van der Waals surface area contributed by atoms with Gasteiger partial charge in [-0.2, -0.15) is 0 Å². The molecule has 4 rings (SSSR count). The highest BCUT2D eigenvalue weighted by molar-refractivity contribution is 5.26. The molecule has 1 aromatic heterocycles. The molecule has 0 amide bonds. The van der Waals surface area contributed by atoms with E-state index in [2.05, 4.69) is 71.1 Å². The lowest BCUT2D eigenvalue weighted by molar-refractivity contribution is 0.103. The summed E-state index contributed by atoms with van der Waals surface area (Å²) in [5.41, 5.74) is 5.22. The molecule has 28 heavy (non-hydrogen) atoms. The molecule has 0 bridgehead atoms. The molecule has 3 nitrogen and oxygen atoms in total. The fraction of sp³-hybridized carbons (Fsp3) is 0.360. The maximum atomic E-state index is 10.7. The van der Waals surface area contributed by atoms with E-state index in [1.165, 1.54) is 35.2 Å². The van der Waals surface area contributed by atoms with E-state index in [4.69, 9.17) is 0 Å². The van der Waals surface area contributed by atoms with Crippen molar-refractivity contribution in [2.24, 2.45) is 0 Å². The summed E-state index contributed by atoms with van der Waals surface area (Å²) in [5, 5.41) is 10.7. The number of hydrogen-bond acceptors (Lipinski definition) is 2. The molecule has 1 atom stereocenters. The maximum Gasteiger partial charge on any atom is 0.0707 e. The third-order valence-electron chi connectivity index (χ3n) is 5.71. The van der Waals surface area contributed by atoms with Crippen LogP contribution in [0.3, 0.4) is 0 Å². The molecular formula is C25H30N2O. The van der Waals surface area contributed by atoms with E-state index in [0.29, 0.717) is 12.5 Å². The van der Waals surface area contributed by atoms with Crippen LogP contribution < -0.4 is 0 Å². The molecule has 3 heteroatoms. The molecule has 0 spiro atoms. The predicted octanol–water partition coefficient (Wildman–Crippen LogP) is 4.41. The Balaban J connectivity index is 1.42. The van der Waals surface area contributed by atoms with Crippen LogP contribution in [0.4, 0.5) is 0 Å². The lowest BCUT2D eigenvalue weighted by Gasteiger charge is -2.26. The summed E-state index contributed by atoms with van der Waals surface area (Å²) < 4.78 is 2.35. The molecule has 0 aliphatic heterocycles. The minimum Gasteiger partial charge on any atom is -0.391 e. The van der Waals surface area contributed by atoms with E-state index in [1.54, 1.807) is 0 Å². The molecule has 3 aromatic rings. The minimum absolute atomic E-state index is 0.331. The normalized spacial score (nSPS) is 15.1. The first-order valence-corrected chi connectivity index (χ1v) is 10.3. The second-order valence-corrected chi connectivity index (χ2v) is 8.06. The smallest absolute Gasteiger partial charge is 0.0707 e. The Morgan fingerprint density at radius 3 is 2.50 bits per heavy atom. The highest BCUT2D eigenvalue weighted by Crippen LogP contribution is 2.29. The zero-order valence-corrected chi connectivity index (χ0v) is 16.7. The van der Waals surface area contributed by atoms with Crippen LogP contribution in [-0.4, -0.2) is 33.3 Å². The van der Waals surface area contributed by atoms with Crippen LogP contribution >= 0.6 is 0 Å². The zero-order chi connectivity index (χ0) is 19.3. The summed E-state index contributed by atoms with van der Waals surface area (Å²) in [6.07, 6.45) is 5.05. The van der Waals surface area contributed by atoms with Gasteiger partial charge >= 0.3 is 0 Å². The van der Waals surface area contributed by atoms with Gasteiger partial charge in [0, 0.05) is 37.6 Å². The van der Waals surface area contributed by atoms with Gasteiger partial charge in [-0.3, -0.25) is 4.90 Å². The largest absolute Gasteiger partial charge is 0.391 e. The van der Waals surface area contributed by atoms with Crippen LogP contribution in [0, 0.1) is 6.92 Å². The highest BCUT2D eigenvalue weighted by Gasteiger charge is 2.30. The Morgan fingerprint density at radius 1 is 1.00 bits per heavy atom. The van der Waals surface area contributed by atoms with Gasteiger partial charge in [0.2, 0.25) is 0 Å². The lowest BCUT2D eigenvalue weighted by atomic mass is 10.1. The van der Waals surface area contributed by atoms with E-state index in [-0.39, 0.29) is 6.10 Å². The van der Waals surface area contributed by atoms with E-state index in [9.17, 15) is 5.11 Å². The van der Waals surface area contributed by atoms with Crippen molar-refractivity contribution in [2.75, 3.05) is 6.54 Å². The van der Waals surface area contributed by atoms with Crippen molar-refractivity contribution < 1.29 is 5.11 Å². The van der Waals surface area contributed by atoms with Gasteiger partial charge < -0.3 is 9.67 Å². The first kappa shape index (κ1) is 19.0. The van der Waals surface area contributed by atoms with Crippen molar-refractivity contribution in [1.29, 1.82) is 0 Å². The molecule has 1 N–H and O–H groups in total. The quantitative estimate of drug-likeness (QED) is 0.601. The summed E-state index contributed by atoms with van der Waals surface area (Å²) in [6.45, 7) is 4.71. The second kappa shape index (κ2) is 8.76. The topological polar surface area (TPSA) is 28.4 Å². The Morgan fingerprint density at radius 2 is 1.75 bits per heavy atom. The van der Waals surface area contributed by atoms with Crippen molar-refractivity contribution in [1.82, 2.24) is 9.47 Å². The fourth-order valence-electron chi connectivity index (χ4n) is 3.93. The molecule has 0 saturated heterocycles. The number of aromatic nitrogens is 1. The van der Waals surface area contributed by atoms with E-state index < -0.39 is 0 Å². The first-order valence-electron chi connectivity index (χ1n) is 10.3. The van der Waals surface area contributed by atoms with Crippen molar-refractivity contribution in [3.05, 3.63) is 95.3 Å². The third kappa shape index (κ3) is 4.92. The van der Waals surface area contributed by atoms with Crippen molar-refractivity contribution in [3.63, 3.8) is 0 Å². The molecule has 1 fully saturated rings. The van der Waals surface area contributed by atoms with Crippen LogP contribution in [0.15, 0.2) is 72.9 Å². The molecule has 0 radical (unpaired) electrons. The molecule has 1 saturated carbocycles. The Kier molecular flexibility index (Phi) is 5.94. The Labute approximate surface area is 168 Å². The summed E-state index contributed by atoms with van der Waals surface area (Å²) in [6, 6.07) is 23.9. The Hall–Kier alpha value is -2.36. The van der Waals surface area contributed by atoms with E-state index >= 15 is 0 Å². The van der Waals surface area contributed by atoms with Crippen LogP contribution in [0.2, 0.25) is 0 Å². The number of rotatable bonds is 9. The second-order valence-electron chi connectivity index (χ2n) is 8.06. The molecular weight excluding hydrogens is 344 g/mol. The SMILES string of the molecule is Cc1ccccc1Cn1cccc1CN(C[C@H](O)Cc1ccccc1)C1CC1. The summed E-state index contributed by atoms with van der Waals surface area (Å²) in [4.78, 5) is 2.47. The van der Waals surface area contributed by atoms with Gasteiger partial charge in [0.05, 0.1) is 6.10 Å². The van der Waals surface area contributed by atoms with Gasteiger partial charge in [-0.1, -0.05) is 54.6 Å². The average molecular weight is 375 g/mol. The maximum absolute atomic E-state index is 10.7. The lowest BCUT2D eigenvalue weighted by Crippen LogP contribution is -2.35. The molecule has 1 aliphatic rings. The predicted molar refractivity (Wildman–Crippen MR) is 114 cm³/mol. The minimum atomic E-state index is -0.331. The zero-order valence-electron chi connectivity index (χ0n) is 16.7. The van der Waals surface area contributed by atoms with Gasteiger partial charge in [0.25, 0.3) is 0 Å². The number of nitrogens with zero attached hydrogens (tertiary/aromatic N) is 2. The van der Waals surface area contributed by atoms with Crippen molar-refractivity contribution >= 4 is 0 Å². The average Bonchev–Trinajstić information content (AvgIpc) is 3.46. The van der Waals surface area contributed by atoms with E-state index in [0.717, 1.165) is 19.6 Å². The molecule has 0 unspecified atom stereocenters. The van der Waals surface area contributed by atoms with Gasteiger partial charge in [-0.25, -0.2) is 0 Å². The fourth-order valence-corrected chi connectivity index (χ4v) is 3.93. The molecule has 1 aliphatic carbocycles. The summed E-state index contributed by atoms with van der Waals surface area (Å²) in [7, 11) is 0. The van der Waals surface area contributed by atoms with Crippen LogP contribution in [-0.2, 0) is 19.5 Å². The van der Waals surface area contributed by atoms with Crippen molar-refractivity contribution in [2.45, 2.75) is 51.4 Å². The van der Waals surface area contributed by atoms with Crippen molar-refractivity contribution in [3.8, 4) is 0 Å².